The molecule has 2 amide bonds. The SMILES string of the molecule is CC1CCCCN1S(=O)(=O)NC1CCC(=O)NC1=O. The molecule has 2 aliphatic rings. The molecule has 2 N–H and O–H groups in total. The minimum absolute atomic E-state index is 0.0560. The first-order valence-corrected chi connectivity index (χ1v) is 7.97. The summed E-state index contributed by atoms with van der Waals surface area (Å²) < 4.78 is 28.3. The Kier molecular flexibility index (Phi) is 4.22. The zero-order valence-electron chi connectivity index (χ0n) is 10.9. The van der Waals surface area contributed by atoms with Gasteiger partial charge in [0.25, 0.3) is 10.2 Å². The number of carbonyl (C=O) groups is 2. The number of hydrogen-bond donors (Lipinski definition) is 2. The van der Waals surface area contributed by atoms with Gasteiger partial charge in [-0.2, -0.15) is 17.4 Å². The second-order valence-electron chi connectivity index (χ2n) is 5.08. The number of rotatable bonds is 3. The Labute approximate surface area is 112 Å². The van der Waals surface area contributed by atoms with Crippen LogP contribution in [-0.4, -0.2) is 43.2 Å². The summed E-state index contributed by atoms with van der Waals surface area (Å²) in [5.74, 6) is -0.920. The second kappa shape index (κ2) is 5.56. The van der Waals surface area contributed by atoms with E-state index >= 15 is 0 Å². The third kappa shape index (κ3) is 3.31. The van der Waals surface area contributed by atoms with Gasteiger partial charge in [-0.15, -0.1) is 0 Å². The summed E-state index contributed by atoms with van der Waals surface area (Å²) in [6, 6.07) is -0.906. The second-order valence-corrected chi connectivity index (χ2v) is 6.74. The maximum absolute atomic E-state index is 12.2. The summed E-state index contributed by atoms with van der Waals surface area (Å²) >= 11 is 0. The number of amides is 2. The summed E-state index contributed by atoms with van der Waals surface area (Å²) in [5, 5.41) is 2.14. The van der Waals surface area contributed by atoms with Crippen molar-refractivity contribution in [2.24, 2.45) is 0 Å². The Hall–Kier alpha value is -0.990. The van der Waals surface area contributed by atoms with E-state index < -0.39 is 22.2 Å². The highest BCUT2D eigenvalue weighted by atomic mass is 32.2. The molecule has 0 aliphatic carbocycles. The number of nitrogens with zero attached hydrogens (tertiary/aromatic N) is 1. The van der Waals surface area contributed by atoms with Crippen LogP contribution in [0.5, 0.6) is 0 Å². The maximum atomic E-state index is 12.2. The molecular weight excluding hydrogens is 270 g/mol. The fourth-order valence-electron chi connectivity index (χ4n) is 2.48. The monoisotopic (exact) mass is 289 g/mol. The molecule has 0 aromatic rings. The van der Waals surface area contributed by atoms with Crippen LogP contribution in [0.4, 0.5) is 0 Å². The van der Waals surface area contributed by atoms with Gasteiger partial charge in [0, 0.05) is 19.0 Å². The Morgan fingerprint density at radius 2 is 2.00 bits per heavy atom. The fourth-order valence-corrected chi connectivity index (χ4v) is 4.15. The van der Waals surface area contributed by atoms with E-state index in [2.05, 4.69) is 10.0 Å². The smallest absolute Gasteiger partial charge is 0.280 e. The van der Waals surface area contributed by atoms with Crippen molar-refractivity contribution in [2.45, 2.75) is 51.1 Å². The molecule has 7 nitrogen and oxygen atoms in total. The van der Waals surface area contributed by atoms with E-state index in [1.54, 1.807) is 0 Å². The lowest BCUT2D eigenvalue weighted by Crippen LogP contribution is -2.57. The molecule has 0 saturated carbocycles. The zero-order valence-corrected chi connectivity index (χ0v) is 11.7. The molecule has 2 saturated heterocycles. The van der Waals surface area contributed by atoms with Crippen LogP contribution >= 0.6 is 0 Å². The minimum Gasteiger partial charge on any atom is -0.295 e. The molecule has 2 atom stereocenters. The van der Waals surface area contributed by atoms with Crippen molar-refractivity contribution < 1.29 is 18.0 Å². The van der Waals surface area contributed by atoms with Crippen LogP contribution in [0.3, 0.4) is 0 Å². The molecule has 0 aromatic heterocycles. The van der Waals surface area contributed by atoms with Crippen molar-refractivity contribution in [1.82, 2.24) is 14.3 Å². The number of imide groups is 1. The maximum Gasteiger partial charge on any atom is 0.280 e. The first kappa shape index (κ1) is 14.4. The topological polar surface area (TPSA) is 95.6 Å². The first-order valence-electron chi connectivity index (χ1n) is 6.53. The molecule has 0 radical (unpaired) electrons. The van der Waals surface area contributed by atoms with E-state index in [9.17, 15) is 18.0 Å². The summed E-state index contributed by atoms with van der Waals surface area (Å²) in [7, 11) is -3.67. The van der Waals surface area contributed by atoms with Crippen LogP contribution in [0.1, 0.15) is 39.0 Å². The Bertz CT molecular complexity index is 476. The van der Waals surface area contributed by atoms with Gasteiger partial charge in [0.15, 0.2) is 0 Å². The van der Waals surface area contributed by atoms with Crippen LogP contribution in [0.15, 0.2) is 0 Å². The van der Waals surface area contributed by atoms with Crippen LogP contribution in [0.2, 0.25) is 0 Å². The standard InChI is InChI=1S/C11H19N3O4S/c1-8-4-2-3-7-14(8)19(17,18)13-9-5-6-10(15)12-11(9)16/h8-9,13H,2-7H2,1H3,(H,12,15,16). The van der Waals surface area contributed by atoms with Gasteiger partial charge < -0.3 is 0 Å². The average Bonchev–Trinajstić information content (AvgIpc) is 2.33. The van der Waals surface area contributed by atoms with E-state index in [0.717, 1.165) is 19.3 Å². The first-order chi connectivity index (χ1) is 8.90. The van der Waals surface area contributed by atoms with Crippen molar-refractivity contribution in [3.8, 4) is 0 Å². The van der Waals surface area contributed by atoms with Crippen LogP contribution in [0.25, 0.3) is 0 Å². The third-order valence-electron chi connectivity index (χ3n) is 3.58. The van der Waals surface area contributed by atoms with Crippen LogP contribution < -0.4 is 10.0 Å². The predicted molar refractivity (Wildman–Crippen MR) is 68.2 cm³/mol. The van der Waals surface area contributed by atoms with Crippen LogP contribution in [-0.2, 0) is 19.8 Å². The van der Waals surface area contributed by atoms with Gasteiger partial charge in [-0.05, 0) is 26.2 Å². The summed E-state index contributed by atoms with van der Waals surface area (Å²) in [6.07, 6.45) is 3.06. The third-order valence-corrected chi connectivity index (χ3v) is 5.32. The molecule has 0 spiro atoms. The molecule has 2 aliphatic heterocycles. The molecular formula is C11H19N3O4S. The lowest BCUT2D eigenvalue weighted by molar-refractivity contribution is -0.134. The largest absolute Gasteiger partial charge is 0.295 e. The van der Waals surface area contributed by atoms with Crippen molar-refractivity contribution in [3.05, 3.63) is 0 Å². The van der Waals surface area contributed by atoms with E-state index in [4.69, 9.17) is 0 Å². The van der Waals surface area contributed by atoms with Gasteiger partial charge in [-0.25, -0.2) is 0 Å². The van der Waals surface area contributed by atoms with Gasteiger partial charge in [0.05, 0.1) is 0 Å². The van der Waals surface area contributed by atoms with E-state index in [1.807, 2.05) is 6.92 Å². The van der Waals surface area contributed by atoms with Crippen LogP contribution in [0, 0.1) is 0 Å². The highest BCUT2D eigenvalue weighted by molar-refractivity contribution is 7.87. The predicted octanol–water partition coefficient (Wildman–Crippen LogP) is -0.500. The molecule has 0 aromatic carbocycles. The Balaban J connectivity index is 2.04. The highest BCUT2D eigenvalue weighted by Crippen LogP contribution is 2.20. The number of hydrogen-bond acceptors (Lipinski definition) is 4. The lowest BCUT2D eigenvalue weighted by Gasteiger charge is -2.33. The molecule has 2 heterocycles. The minimum atomic E-state index is -3.67. The number of piperidine rings is 2. The van der Waals surface area contributed by atoms with Crippen molar-refractivity contribution in [2.75, 3.05) is 6.54 Å². The normalized spacial score (nSPS) is 30.2. The van der Waals surface area contributed by atoms with Crippen molar-refractivity contribution in [1.29, 1.82) is 0 Å². The number of carbonyl (C=O) groups excluding carboxylic acids is 2. The van der Waals surface area contributed by atoms with E-state index in [0.29, 0.717) is 6.54 Å². The molecule has 2 rings (SSSR count). The molecule has 8 heteroatoms. The van der Waals surface area contributed by atoms with Gasteiger partial charge in [0.2, 0.25) is 11.8 Å². The molecule has 0 bridgehead atoms. The van der Waals surface area contributed by atoms with Crippen molar-refractivity contribution >= 4 is 22.0 Å². The highest BCUT2D eigenvalue weighted by Gasteiger charge is 2.35. The Morgan fingerprint density at radius 3 is 2.63 bits per heavy atom. The Morgan fingerprint density at radius 1 is 1.26 bits per heavy atom. The van der Waals surface area contributed by atoms with E-state index in [-0.39, 0.29) is 24.8 Å². The van der Waals surface area contributed by atoms with Gasteiger partial charge >= 0.3 is 0 Å². The van der Waals surface area contributed by atoms with Gasteiger partial charge in [0.1, 0.15) is 6.04 Å². The molecule has 2 fully saturated rings. The molecule has 108 valence electrons. The summed E-state index contributed by atoms with van der Waals surface area (Å²) in [6.45, 7) is 2.34. The number of nitrogens with one attached hydrogen (secondary N) is 2. The summed E-state index contributed by atoms with van der Waals surface area (Å²) in [4.78, 5) is 22.6. The van der Waals surface area contributed by atoms with E-state index in [1.165, 1.54) is 4.31 Å². The lowest BCUT2D eigenvalue weighted by atomic mass is 10.1. The quantitative estimate of drug-likeness (QED) is 0.685. The van der Waals surface area contributed by atoms with Crippen molar-refractivity contribution in [3.63, 3.8) is 0 Å². The average molecular weight is 289 g/mol. The van der Waals surface area contributed by atoms with Gasteiger partial charge in [-0.1, -0.05) is 6.42 Å². The summed E-state index contributed by atoms with van der Waals surface area (Å²) in [5.41, 5.74) is 0. The zero-order chi connectivity index (χ0) is 14.0. The fraction of sp³-hybridized carbons (Fsp3) is 0.818. The molecule has 19 heavy (non-hydrogen) atoms. The van der Waals surface area contributed by atoms with Gasteiger partial charge in [-0.3, -0.25) is 14.9 Å². The molecule has 2 unspecified atom stereocenters.